The minimum atomic E-state index is -0.562. The number of ether oxygens (including phenoxy) is 1. The molecule has 98 valence electrons. The van der Waals surface area contributed by atoms with E-state index >= 15 is 0 Å². The highest BCUT2D eigenvalue weighted by molar-refractivity contribution is 5.96. The molecule has 1 aliphatic rings. The molecule has 1 amide bonds. The molecule has 2 rings (SSSR count). The molecule has 1 saturated heterocycles. The molecular formula is C13H16FNO3. The van der Waals surface area contributed by atoms with Crippen molar-refractivity contribution >= 4 is 5.91 Å². The van der Waals surface area contributed by atoms with E-state index in [9.17, 15) is 14.3 Å². The number of carbonyl (C=O) groups excluding carboxylic acids is 1. The van der Waals surface area contributed by atoms with Crippen LogP contribution < -0.4 is 0 Å². The van der Waals surface area contributed by atoms with Crippen LogP contribution in [0.25, 0.3) is 0 Å². The summed E-state index contributed by atoms with van der Waals surface area (Å²) in [6, 6.07) is 3.42. The highest BCUT2D eigenvalue weighted by atomic mass is 19.1. The molecule has 1 heterocycles. The molecule has 5 heteroatoms. The number of hydrogen-bond donors (Lipinski definition) is 1. The monoisotopic (exact) mass is 253 g/mol. The summed E-state index contributed by atoms with van der Waals surface area (Å²) in [6.45, 7) is 4.72. The summed E-state index contributed by atoms with van der Waals surface area (Å²) >= 11 is 0. The Labute approximate surface area is 105 Å². The molecule has 1 N–H and O–H groups in total. The highest BCUT2D eigenvalue weighted by Gasteiger charge is 2.27. The van der Waals surface area contributed by atoms with Crippen LogP contribution in [-0.4, -0.2) is 41.2 Å². The summed E-state index contributed by atoms with van der Waals surface area (Å²) in [7, 11) is 0. The van der Waals surface area contributed by atoms with E-state index in [1.165, 1.54) is 12.1 Å². The Balaban J connectivity index is 2.20. The summed E-state index contributed by atoms with van der Waals surface area (Å²) in [6.07, 6.45) is -0.0828. The lowest BCUT2D eigenvalue weighted by atomic mass is 10.1. The van der Waals surface area contributed by atoms with Crippen molar-refractivity contribution in [2.45, 2.75) is 26.1 Å². The van der Waals surface area contributed by atoms with Gasteiger partial charge in [0.25, 0.3) is 5.91 Å². The number of morpholine rings is 1. The molecular weight excluding hydrogens is 237 g/mol. The molecule has 18 heavy (non-hydrogen) atoms. The van der Waals surface area contributed by atoms with Gasteiger partial charge in [-0.1, -0.05) is 0 Å². The molecule has 4 nitrogen and oxygen atoms in total. The Morgan fingerprint density at radius 2 is 2.00 bits per heavy atom. The van der Waals surface area contributed by atoms with Gasteiger partial charge in [0.1, 0.15) is 11.6 Å². The van der Waals surface area contributed by atoms with Crippen molar-refractivity contribution in [2.24, 2.45) is 0 Å². The maximum absolute atomic E-state index is 12.9. The lowest BCUT2D eigenvalue weighted by Crippen LogP contribution is -2.48. The summed E-state index contributed by atoms with van der Waals surface area (Å²) in [4.78, 5) is 13.8. The zero-order valence-electron chi connectivity index (χ0n) is 10.4. The van der Waals surface area contributed by atoms with Gasteiger partial charge in [-0.15, -0.1) is 0 Å². The van der Waals surface area contributed by atoms with Gasteiger partial charge >= 0.3 is 0 Å². The normalized spacial score (nSPS) is 24.1. The van der Waals surface area contributed by atoms with Gasteiger partial charge in [0.2, 0.25) is 0 Å². The number of benzene rings is 1. The van der Waals surface area contributed by atoms with Crippen molar-refractivity contribution in [2.75, 3.05) is 13.1 Å². The van der Waals surface area contributed by atoms with Crippen molar-refractivity contribution in [3.8, 4) is 5.75 Å². The number of rotatable bonds is 1. The van der Waals surface area contributed by atoms with Gasteiger partial charge in [0, 0.05) is 19.2 Å². The van der Waals surface area contributed by atoms with Crippen molar-refractivity contribution in [1.29, 1.82) is 0 Å². The van der Waals surface area contributed by atoms with Crippen LogP contribution >= 0.6 is 0 Å². The van der Waals surface area contributed by atoms with Gasteiger partial charge in [0.05, 0.1) is 17.8 Å². The second kappa shape index (κ2) is 4.94. The average molecular weight is 253 g/mol. The molecule has 0 aliphatic carbocycles. The first kappa shape index (κ1) is 12.8. The third-order valence-corrected chi connectivity index (χ3v) is 2.90. The largest absolute Gasteiger partial charge is 0.507 e. The maximum Gasteiger partial charge on any atom is 0.257 e. The average Bonchev–Trinajstić information content (AvgIpc) is 2.26. The fraction of sp³-hybridized carbons (Fsp3) is 0.462. The Hall–Kier alpha value is -1.62. The Morgan fingerprint density at radius 3 is 2.56 bits per heavy atom. The minimum Gasteiger partial charge on any atom is -0.507 e. The van der Waals surface area contributed by atoms with Crippen LogP contribution in [0, 0.1) is 5.82 Å². The maximum atomic E-state index is 12.9. The third-order valence-electron chi connectivity index (χ3n) is 2.90. The van der Waals surface area contributed by atoms with Crippen LogP contribution in [0.3, 0.4) is 0 Å². The molecule has 1 fully saturated rings. The van der Waals surface area contributed by atoms with Crippen LogP contribution in [-0.2, 0) is 4.74 Å². The van der Waals surface area contributed by atoms with E-state index < -0.39 is 5.82 Å². The molecule has 2 atom stereocenters. The highest BCUT2D eigenvalue weighted by Crippen LogP contribution is 2.22. The number of aromatic hydroxyl groups is 1. The minimum absolute atomic E-state index is 0.0414. The van der Waals surface area contributed by atoms with Gasteiger partial charge in [-0.25, -0.2) is 4.39 Å². The standard InChI is InChI=1S/C13H16FNO3/c1-8-6-15(7-9(2)18-8)13(17)11-4-3-10(14)5-12(11)16/h3-5,8-9,16H,6-7H2,1-2H3. The first-order valence-corrected chi connectivity index (χ1v) is 5.90. The van der Waals surface area contributed by atoms with Gasteiger partial charge in [-0.2, -0.15) is 0 Å². The van der Waals surface area contributed by atoms with Crippen LogP contribution in [0.15, 0.2) is 18.2 Å². The number of nitrogens with zero attached hydrogens (tertiary/aromatic N) is 1. The predicted molar refractivity (Wildman–Crippen MR) is 64.0 cm³/mol. The first-order valence-electron chi connectivity index (χ1n) is 5.90. The number of phenolic OH excluding ortho intramolecular Hbond substituents is 1. The quantitative estimate of drug-likeness (QED) is 0.830. The van der Waals surface area contributed by atoms with Crippen LogP contribution in [0.4, 0.5) is 4.39 Å². The van der Waals surface area contributed by atoms with E-state index in [0.29, 0.717) is 13.1 Å². The smallest absolute Gasteiger partial charge is 0.257 e. The van der Waals surface area contributed by atoms with Gasteiger partial charge in [-0.3, -0.25) is 4.79 Å². The molecule has 1 aliphatic heterocycles. The molecule has 0 radical (unpaired) electrons. The number of halogens is 1. The first-order chi connectivity index (χ1) is 8.47. The summed E-state index contributed by atoms with van der Waals surface area (Å²) in [5, 5.41) is 9.61. The second-order valence-corrected chi connectivity index (χ2v) is 4.63. The topological polar surface area (TPSA) is 49.8 Å². The van der Waals surface area contributed by atoms with E-state index in [2.05, 4.69) is 0 Å². The number of carbonyl (C=O) groups is 1. The lowest BCUT2D eigenvalue weighted by molar-refractivity contribution is -0.0586. The molecule has 1 aromatic rings. The van der Waals surface area contributed by atoms with Crippen molar-refractivity contribution in [1.82, 2.24) is 4.90 Å². The molecule has 2 unspecified atom stereocenters. The van der Waals surface area contributed by atoms with Crippen LogP contribution in [0.2, 0.25) is 0 Å². The predicted octanol–water partition coefficient (Wildman–Crippen LogP) is 1.78. The van der Waals surface area contributed by atoms with Gasteiger partial charge in [-0.05, 0) is 26.0 Å². The molecule has 1 aromatic carbocycles. The van der Waals surface area contributed by atoms with Crippen LogP contribution in [0.1, 0.15) is 24.2 Å². The number of amides is 1. The SMILES string of the molecule is CC1CN(C(=O)c2ccc(F)cc2O)CC(C)O1. The Bertz CT molecular complexity index is 454. The Morgan fingerprint density at radius 1 is 1.39 bits per heavy atom. The Kier molecular flexibility index (Phi) is 3.52. The van der Waals surface area contributed by atoms with Gasteiger partial charge in [0.15, 0.2) is 0 Å². The van der Waals surface area contributed by atoms with Crippen molar-refractivity contribution in [3.05, 3.63) is 29.6 Å². The number of hydrogen-bond acceptors (Lipinski definition) is 3. The molecule has 0 spiro atoms. The molecule has 0 aromatic heterocycles. The zero-order valence-corrected chi connectivity index (χ0v) is 10.4. The fourth-order valence-electron chi connectivity index (χ4n) is 2.20. The summed E-state index contributed by atoms with van der Waals surface area (Å²) in [5.74, 6) is -1.19. The summed E-state index contributed by atoms with van der Waals surface area (Å²) < 4.78 is 18.4. The van der Waals surface area contributed by atoms with E-state index in [-0.39, 0.29) is 29.4 Å². The van der Waals surface area contributed by atoms with E-state index in [1.807, 2.05) is 13.8 Å². The third kappa shape index (κ3) is 2.61. The van der Waals surface area contributed by atoms with E-state index in [1.54, 1.807) is 4.90 Å². The van der Waals surface area contributed by atoms with Gasteiger partial charge < -0.3 is 14.7 Å². The molecule has 0 saturated carbocycles. The summed E-state index contributed by atoms with van der Waals surface area (Å²) in [5.41, 5.74) is 0.123. The van der Waals surface area contributed by atoms with E-state index in [0.717, 1.165) is 6.07 Å². The lowest BCUT2D eigenvalue weighted by Gasteiger charge is -2.35. The molecule has 0 bridgehead atoms. The van der Waals surface area contributed by atoms with Crippen LogP contribution in [0.5, 0.6) is 5.75 Å². The van der Waals surface area contributed by atoms with Crippen molar-refractivity contribution in [3.63, 3.8) is 0 Å². The zero-order chi connectivity index (χ0) is 13.3. The number of phenols is 1. The van der Waals surface area contributed by atoms with Crippen molar-refractivity contribution < 1.29 is 19.0 Å². The van der Waals surface area contributed by atoms with E-state index in [4.69, 9.17) is 4.74 Å². The second-order valence-electron chi connectivity index (χ2n) is 4.63. The fourth-order valence-corrected chi connectivity index (χ4v) is 2.20.